The van der Waals surface area contributed by atoms with E-state index in [1.54, 1.807) is 19.1 Å². The molecule has 1 aromatic heterocycles. The maximum Gasteiger partial charge on any atom is 0.229 e. The first kappa shape index (κ1) is 15.6. The van der Waals surface area contributed by atoms with E-state index in [-0.39, 0.29) is 11.8 Å². The van der Waals surface area contributed by atoms with E-state index in [0.717, 1.165) is 29.1 Å². The van der Waals surface area contributed by atoms with Gasteiger partial charge in [0.2, 0.25) is 5.91 Å². The molecule has 1 aromatic carbocycles. The molecular weight excluding hydrogens is 294 g/mol. The molecule has 2 aromatic rings. The van der Waals surface area contributed by atoms with Gasteiger partial charge in [0.15, 0.2) is 0 Å². The Morgan fingerprint density at radius 3 is 3.13 bits per heavy atom. The van der Waals surface area contributed by atoms with Crippen molar-refractivity contribution in [1.82, 2.24) is 15.1 Å². The Kier molecular flexibility index (Phi) is 4.62. The third-order valence-electron chi connectivity index (χ3n) is 3.99. The first-order valence-corrected chi connectivity index (χ1v) is 7.65. The molecule has 0 fully saturated rings. The number of aromatic amines is 1. The molecule has 122 valence electrons. The van der Waals surface area contributed by atoms with Crippen LogP contribution in [0.1, 0.15) is 17.0 Å². The van der Waals surface area contributed by atoms with E-state index in [9.17, 15) is 4.79 Å². The molecule has 0 aliphatic carbocycles. The second-order valence-corrected chi connectivity index (χ2v) is 5.83. The Hall–Kier alpha value is -2.34. The Bertz CT molecular complexity index is 683. The molecule has 1 aliphatic heterocycles. The van der Waals surface area contributed by atoms with E-state index in [1.807, 2.05) is 30.3 Å². The Morgan fingerprint density at radius 2 is 2.30 bits per heavy atom. The summed E-state index contributed by atoms with van der Waals surface area (Å²) >= 11 is 0. The highest BCUT2D eigenvalue weighted by atomic mass is 16.5. The van der Waals surface area contributed by atoms with E-state index in [4.69, 9.17) is 9.47 Å². The molecule has 6 heteroatoms. The van der Waals surface area contributed by atoms with Gasteiger partial charge in [0, 0.05) is 14.2 Å². The van der Waals surface area contributed by atoms with E-state index in [1.165, 1.54) is 0 Å². The predicted octanol–water partition coefficient (Wildman–Crippen LogP) is 1.77. The number of ether oxygens (including phenoxy) is 2. The zero-order valence-electron chi connectivity index (χ0n) is 13.4. The van der Waals surface area contributed by atoms with E-state index >= 15 is 0 Å². The number of amides is 1. The first-order valence-electron chi connectivity index (χ1n) is 7.65. The summed E-state index contributed by atoms with van der Waals surface area (Å²) in [7, 11) is 3.44. The van der Waals surface area contributed by atoms with Gasteiger partial charge in [-0.15, -0.1) is 0 Å². The van der Waals surface area contributed by atoms with Crippen molar-refractivity contribution in [2.75, 3.05) is 20.8 Å². The van der Waals surface area contributed by atoms with Crippen LogP contribution in [-0.2, 0) is 29.1 Å². The Labute approximate surface area is 135 Å². The van der Waals surface area contributed by atoms with Gasteiger partial charge in [-0.25, -0.2) is 0 Å². The third-order valence-corrected chi connectivity index (χ3v) is 3.99. The van der Waals surface area contributed by atoms with Crippen molar-refractivity contribution in [3.05, 3.63) is 47.3 Å². The lowest BCUT2D eigenvalue weighted by Gasteiger charge is -2.28. The zero-order chi connectivity index (χ0) is 16.2. The van der Waals surface area contributed by atoms with Crippen LogP contribution in [0.4, 0.5) is 0 Å². The maximum atomic E-state index is 12.6. The second-order valence-electron chi connectivity index (χ2n) is 5.83. The number of para-hydroxylation sites is 1. The highest BCUT2D eigenvalue weighted by Gasteiger charge is 2.28. The molecular formula is C17H21N3O3. The largest absolute Gasteiger partial charge is 0.492 e. The first-order chi connectivity index (χ1) is 11.2. The summed E-state index contributed by atoms with van der Waals surface area (Å²) in [5.74, 6) is 0.829. The average Bonchev–Trinajstić information content (AvgIpc) is 3.01. The molecule has 23 heavy (non-hydrogen) atoms. The summed E-state index contributed by atoms with van der Waals surface area (Å²) in [4.78, 5) is 14.3. The van der Waals surface area contributed by atoms with Crippen LogP contribution in [0.2, 0.25) is 0 Å². The molecule has 0 radical (unpaired) electrons. The number of methoxy groups -OCH3 is 1. The number of fused-ring (bicyclic) bond motifs is 1. The fourth-order valence-electron chi connectivity index (χ4n) is 2.84. The average molecular weight is 315 g/mol. The van der Waals surface area contributed by atoms with Gasteiger partial charge >= 0.3 is 0 Å². The summed E-state index contributed by atoms with van der Waals surface area (Å²) in [6.45, 7) is 1.38. The molecule has 0 spiro atoms. The fraction of sp³-hybridized carbons (Fsp3) is 0.412. The Morgan fingerprint density at radius 1 is 1.48 bits per heavy atom. The number of nitrogens with zero attached hydrogens (tertiary/aromatic N) is 2. The number of hydrogen-bond acceptors (Lipinski definition) is 4. The monoisotopic (exact) mass is 315 g/mol. The van der Waals surface area contributed by atoms with Gasteiger partial charge in [-0.2, -0.15) is 5.10 Å². The number of rotatable bonds is 5. The fourth-order valence-corrected chi connectivity index (χ4v) is 2.84. The van der Waals surface area contributed by atoms with Gasteiger partial charge in [-0.3, -0.25) is 9.89 Å². The van der Waals surface area contributed by atoms with Crippen molar-refractivity contribution in [3.8, 4) is 5.75 Å². The van der Waals surface area contributed by atoms with Crippen LogP contribution in [0.5, 0.6) is 5.75 Å². The molecule has 0 saturated carbocycles. The number of nitrogens with one attached hydrogen (secondary N) is 1. The van der Waals surface area contributed by atoms with Crippen LogP contribution in [0.3, 0.4) is 0 Å². The van der Waals surface area contributed by atoms with Crippen LogP contribution in [0, 0.1) is 5.92 Å². The van der Waals surface area contributed by atoms with Gasteiger partial charge in [0.25, 0.3) is 0 Å². The van der Waals surface area contributed by atoms with E-state index in [0.29, 0.717) is 19.8 Å². The van der Waals surface area contributed by atoms with Gasteiger partial charge in [-0.05, 0) is 24.1 Å². The summed E-state index contributed by atoms with van der Waals surface area (Å²) in [5, 5.41) is 7.09. The smallest absolute Gasteiger partial charge is 0.229 e. The standard InChI is InChI=1S/C17H21N3O3/c1-20(9-14-8-15(11-22-2)19-18-14)17(21)13-7-12-5-3-4-6-16(12)23-10-13/h3-6,8,13H,7,9-11H2,1-2H3,(H,18,19)/t13-/m1/s1. The summed E-state index contributed by atoms with van der Waals surface area (Å²) in [6.07, 6.45) is 0.719. The molecule has 1 aliphatic rings. The number of aromatic nitrogens is 2. The minimum Gasteiger partial charge on any atom is -0.492 e. The van der Waals surface area contributed by atoms with Crippen molar-refractivity contribution in [2.45, 2.75) is 19.6 Å². The van der Waals surface area contributed by atoms with Crippen molar-refractivity contribution in [1.29, 1.82) is 0 Å². The molecule has 0 unspecified atom stereocenters. The molecule has 6 nitrogen and oxygen atoms in total. The summed E-state index contributed by atoms with van der Waals surface area (Å²) < 4.78 is 10.8. The van der Waals surface area contributed by atoms with Crippen LogP contribution in [-0.4, -0.2) is 41.8 Å². The number of carbonyl (C=O) groups is 1. The Balaban J connectivity index is 1.61. The van der Waals surface area contributed by atoms with Gasteiger partial charge in [0.1, 0.15) is 12.4 Å². The molecule has 1 atom stereocenters. The lowest BCUT2D eigenvalue weighted by atomic mass is 9.95. The molecule has 3 rings (SSSR count). The van der Waals surface area contributed by atoms with Crippen molar-refractivity contribution < 1.29 is 14.3 Å². The van der Waals surface area contributed by atoms with Gasteiger partial charge < -0.3 is 14.4 Å². The topological polar surface area (TPSA) is 67.4 Å². The highest BCUT2D eigenvalue weighted by Crippen LogP contribution is 2.27. The molecule has 1 amide bonds. The minimum atomic E-state index is -0.142. The van der Waals surface area contributed by atoms with Gasteiger partial charge in [0.05, 0.1) is 30.5 Å². The molecule has 0 saturated heterocycles. The lowest BCUT2D eigenvalue weighted by Crippen LogP contribution is -2.38. The number of H-pyrrole nitrogens is 1. The summed E-state index contributed by atoms with van der Waals surface area (Å²) in [5.41, 5.74) is 2.82. The molecule has 2 heterocycles. The van der Waals surface area contributed by atoms with E-state index in [2.05, 4.69) is 10.2 Å². The predicted molar refractivity (Wildman–Crippen MR) is 84.9 cm³/mol. The molecule has 0 bridgehead atoms. The molecule has 1 N–H and O–H groups in total. The summed E-state index contributed by atoms with van der Waals surface area (Å²) in [6, 6.07) is 9.80. The van der Waals surface area contributed by atoms with Crippen LogP contribution < -0.4 is 4.74 Å². The third kappa shape index (κ3) is 3.53. The highest BCUT2D eigenvalue weighted by molar-refractivity contribution is 5.79. The van der Waals surface area contributed by atoms with Crippen LogP contribution >= 0.6 is 0 Å². The zero-order valence-corrected chi connectivity index (χ0v) is 13.4. The van der Waals surface area contributed by atoms with Gasteiger partial charge in [-0.1, -0.05) is 18.2 Å². The minimum absolute atomic E-state index is 0.0856. The SMILES string of the molecule is COCc1cc(CN(C)C(=O)[C@H]2COc3ccccc3C2)[nH]n1. The number of hydrogen-bond donors (Lipinski definition) is 1. The maximum absolute atomic E-state index is 12.6. The van der Waals surface area contributed by atoms with Crippen LogP contribution in [0.25, 0.3) is 0 Å². The number of carbonyl (C=O) groups excluding carboxylic acids is 1. The van der Waals surface area contributed by atoms with Crippen molar-refractivity contribution in [3.63, 3.8) is 0 Å². The van der Waals surface area contributed by atoms with Crippen LogP contribution in [0.15, 0.2) is 30.3 Å². The van der Waals surface area contributed by atoms with Crippen molar-refractivity contribution >= 4 is 5.91 Å². The second kappa shape index (κ2) is 6.83. The quantitative estimate of drug-likeness (QED) is 0.913. The van der Waals surface area contributed by atoms with Crippen molar-refractivity contribution in [2.24, 2.45) is 5.92 Å². The lowest BCUT2D eigenvalue weighted by molar-refractivity contribution is -0.136. The normalized spacial score (nSPS) is 16.5. The number of benzene rings is 1. The van der Waals surface area contributed by atoms with E-state index < -0.39 is 0 Å².